The minimum absolute atomic E-state index is 0.0439. The Morgan fingerprint density at radius 2 is 1.76 bits per heavy atom. The molecule has 29 heavy (non-hydrogen) atoms. The number of nitrogens with zero attached hydrogens (tertiary/aromatic N) is 1. The molecule has 1 N–H and O–H groups in total. The molecule has 8 heteroatoms. The Labute approximate surface area is 171 Å². The highest BCUT2D eigenvalue weighted by atomic mass is 16.5. The van der Waals surface area contributed by atoms with E-state index in [1.54, 1.807) is 18.2 Å². The van der Waals surface area contributed by atoms with E-state index in [1.165, 1.54) is 21.3 Å². The molecule has 1 fully saturated rings. The quantitative estimate of drug-likeness (QED) is 0.631. The van der Waals surface area contributed by atoms with Crippen molar-refractivity contribution in [3.05, 3.63) is 23.8 Å². The third-order valence-corrected chi connectivity index (χ3v) is 5.04. The van der Waals surface area contributed by atoms with Gasteiger partial charge in [-0.1, -0.05) is 0 Å². The molecule has 1 aliphatic rings. The minimum atomic E-state index is -0.300. The van der Waals surface area contributed by atoms with Crippen molar-refractivity contribution in [3.63, 3.8) is 0 Å². The van der Waals surface area contributed by atoms with Crippen LogP contribution in [0.3, 0.4) is 0 Å². The second-order valence-electron chi connectivity index (χ2n) is 7.09. The molecule has 2 rings (SSSR count). The number of hydrogen-bond acceptors (Lipinski definition) is 6. The van der Waals surface area contributed by atoms with Crippen LogP contribution in [-0.2, 0) is 14.3 Å². The van der Waals surface area contributed by atoms with E-state index in [0.717, 1.165) is 12.8 Å². The number of amides is 2. The molecule has 0 saturated carbocycles. The SMILES string of the molecule is COC(=O)CCCC(=O)N1CCCC(CNC(=O)c2cc(OC)cc(OC)c2)C1. The summed E-state index contributed by atoms with van der Waals surface area (Å²) < 4.78 is 15.0. The first kappa shape index (κ1) is 22.5. The molecule has 1 aromatic rings. The van der Waals surface area contributed by atoms with Crippen molar-refractivity contribution in [2.24, 2.45) is 5.92 Å². The largest absolute Gasteiger partial charge is 0.497 e. The van der Waals surface area contributed by atoms with Crippen LogP contribution < -0.4 is 14.8 Å². The van der Waals surface area contributed by atoms with Crippen molar-refractivity contribution < 1.29 is 28.6 Å². The lowest BCUT2D eigenvalue weighted by atomic mass is 9.97. The molecular formula is C21H30N2O6. The topological polar surface area (TPSA) is 94.2 Å². The number of methoxy groups -OCH3 is 3. The zero-order chi connectivity index (χ0) is 21.2. The fourth-order valence-corrected chi connectivity index (χ4v) is 3.38. The summed E-state index contributed by atoms with van der Waals surface area (Å²) in [7, 11) is 4.42. The van der Waals surface area contributed by atoms with Gasteiger partial charge in [-0.2, -0.15) is 0 Å². The second kappa shape index (κ2) is 11.3. The van der Waals surface area contributed by atoms with Crippen LogP contribution in [-0.4, -0.2) is 63.6 Å². The number of likely N-dealkylation sites (tertiary alicyclic amines) is 1. The van der Waals surface area contributed by atoms with Crippen LogP contribution in [0.1, 0.15) is 42.5 Å². The Morgan fingerprint density at radius 3 is 2.38 bits per heavy atom. The first-order chi connectivity index (χ1) is 14.0. The van der Waals surface area contributed by atoms with Gasteiger partial charge in [0.15, 0.2) is 0 Å². The van der Waals surface area contributed by atoms with Crippen LogP contribution in [0.15, 0.2) is 18.2 Å². The third-order valence-electron chi connectivity index (χ3n) is 5.04. The predicted octanol–water partition coefficient (Wildman–Crippen LogP) is 2.02. The molecule has 0 aliphatic carbocycles. The first-order valence-corrected chi connectivity index (χ1v) is 9.82. The fourth-order valence-electron chi connectivity index (χ4n) is 3.38. The lowest BCUT2D eigenvalue weighted by molar-refractivity contribution is -0.141. The van der Waals surface area contributed by atoms with E-state index >= 15 is 0 Å². The molecule has 8 nitrogen and oxygen atoms in total. The van der Waals surface area contributed by atoms with Gasteiger partial charge in [0.05, 0.1) is 21.3 Å². The zero-order valence-electron chi connectivity index (χ0n) is 17.4. The number of ether oxygens (including phenoxy) is 3. The number of nitrogens with one attached hydrogen (secondary N) is 1. The van der Waals surface area contributed by atoms with Crippen molar-refractivity contribution in [2.45, 2.75) is 32.1 Å². The van der Waals surface area contributed by atoms with Gasteiger partial charge in [0.2, 0.25) is 5.91 Å². The lowest BCUT2D eigenvalue weighted by Gasteiger charge is -2.33. The van der Waals surface area contributed by atoms with Gasteiger partial charge in [0.1, 0.15) is 11.5 Å². The van der Waals surface area contributed by atoms with E-state index in [-0.39, 0.29) is 30.1 Å². The molecular weight excluding hydrogens is 376 g/mol. The molecule has 1 atom stereocenters. The van der Waals surface area contributed by atoms with Crippen LogP contribution in [0, 0.1) is 5.92 Å². The zero-order valence-corrected chi connectivity index (χ0v) is 17.4. The summed E-state index contributed by atoms with van der Waals surface area (Å²) in [6, 6.07) is 5.04. The van der Waals surface area contributed by atoms with E-state index < -0.39 is 0 Å². The Hall–Kier alpha value is -2.77. The van der Waals surface area contributed by atoms with Crippen LogP contribution in [0.25, 0.3) is 0 Å². The number of benzene rings is 1. The van der Waals surface area contributed by atoms with E-state index in [1.807, 2.05) is 4.90 Å². The van der Waals surface area contributed by atoms with Gasteiger partial charge in [-0.05, 0) is 37.3 Å². The molecule has 1 saturated heterocycles. The number of carbonyl (C=O) groups excluding carboxylic acids is 3. The average molecular weight is 406 g/mol. The molecule has 0 bridgehead atoms. The van der Waals surface area contributed by atoms with Crippen LogP contribution in [0.2, 0.25) is 0 Å². The van der Waals surface area contributed by atoms with Gasteiger partial charge < -0.3 is 24.4 Å². The molecule has 1 unspecified atom stereocenters. The number of piperidine rings is 1. The average Bonchev–Trinajstić information content (AvgIpc) is 2.76. The molecule has 0 spiro atoms. The Balaban J connectivity index is 1.83. The summed E-state index contributed by atoms with van der Waals surface area (Å²) in [6.45, 7) is 1.82. The molecule has 0 aromatic heterocycles. The molecule has 2 amide bonds. The van der Waals surface area contributed by atoms with Gasteiger partial charge in [0.25, 0.3) is 5.91 Å². The highest BCUT2D eigenvalue weighted by Gasteiger charge is 2.24. The van der Waals surface area contributed by atoms with Gasteiger partial charge in [-0.3, -0.25) is 14.4 Å². The molecule has 1 aliphatic heterocycles. The predicted molar refractivity (Wildman–Crippen MR) is 107 cm³/mol. The normalized spacial score (nSPS) is 16.1. The maximum absolute atomic E-state index is 12.5. The lowest BCUT2D eigenvalue weighted by Crippen LogP contribution is -2.43. The van der Waals surface area contributed by atoms with Crippen molar-refractivity contribution >= 4 is 17.8 Å². The summed E-state index contributed by atoms with van der Waals surface area (Å²) in [4.78, 5) is 37.9. The monoisotopic (exact) mass is 406 g/mol. The highest BCUT2D eigenvalue weighted by molar-refractivity contribution is 5.95. The standard InChI is InChI=1S/C21H30N2O6/c1-27-17-10-16(11-18(12-17)28-2)21(26)22-13-15-6-5-9-23(14-15)19(24)7-4-8-20(25)29-3/h10-12,15H,4-9,13-14H2,1-3H3,(H,22,26). The van der Waals surface area contributed by atoms with Crippen molar-refractivity contribution in [2.75, 3.05) is 41.0 Å². The molecule has 1 heterocycles. The van der Waals surface area contributed by atoms with Gasteiger partial charge in [-0.25, -0.2) is 0 Å². The van der Waals surface area contributed by atoms with Crippen LogP contribution >= 0.6 is 0 Å². The summed E-state index contributed by atoms with van der Waals surface area (Å²) >= 11 is 0. The van der Waals surface area contributed by atoms with Crippen molar-refractivity contribution in [3.8, 4) is 11.5 Å². The van der Waals surface area contributed by atoms with Crippen molar-refractivity contribution in [1.82, 2.24) is 10.2 Å². The first-order valence-electron chi connectivity index (χ1n) is 9.82. The van der Waals surface area contributed by atoms with Gasteiger partial charge in [0, 0.05) is 44.1 Å². The van der Waals surface area contributed by atoms with Gasteiger partial charge in [-0.15, -0.1) is 0 Å². The maximum Gasteiger partial charge on any atom is 0.305 e. The fraction of sp³-hybridized carbons (Fsp3) is 0.571. The summed E-state index contributed by atoms with van der Waals surface area (Å²) in [5, 5.41) is 2.95. The highest BCUT2D eigenvalue weighted by Crippen LogP contribution is 2.23. The maximum atomic E-state index is 12.5. The van der Waals surface area contributed by atoms with E-state index in [0.29, 0.717) is 49.5 Å². The van der Waals surface area contributed by atoms with Crippen molar-refractivity contribution in [1.29, 1.82) is 0 Å². The molecule has 160 valence electrons. The third kappa shape index (κ3) is 6.96. The van der Waals surface area contributed by atoms with E-state index in [9.17, 15) is 14.4 Å². The van der Waals surface area contributed by atoms with Crippen LogP contribution in [0.4, 0.5) is 0 Å². The Bertz CT molecular complexity index is 699. The van der Waals surface area contributed by atoms with E-state index in [2.05, 4.69) is 10.1 Å². The number of esters is 1. The second-order valence-corrected chi connectivity index (χ2v) is 7.09. The van der Waals surface area contributed by atoms with Crippen LogP contribution in [0.5, 0.6) is 11.5 Å². The Kier molecular flexibility index (Phi) is 8.76. The van der Waals surface area contributed by atoms with Gasteiger partial charge >= 0.3 is 5.97 Å². The number of rotatable bonds is 9. The summed E-state index contributed by atoms with van der Waals surface area (Å²) in [5.74, 6) is 0.842. The Morgan fingerprint density at radius 1 is 1.07 bits per heavy atom. The smallest absolute Gasteiger partial charge is 0.305 e. The molecule has 1 aromatic carbocycles. The molecule has 0 radical (unpaired) electrons. The number of hydrogen-bond donors (Lipinski definition) is 1. The minimum Gasteiger partial charge on any atom is -0.497 e. The summed E-state index contributed by atoms with van der Waals surface area (Å²) in [5.41, 5.74) is 0.466. The number of carbonyl (C=O) groups is 3. The van der Waals surface area contributed by atoms with E-state index in [4.69, 9.17) is 9.47 Å². The summed E-state index contributed by atoms with van der Waals surface area (Å²) in [6.07, 6.45) is 2.92.